The number of carbonyl (C=O) groups excluding carboxylic acids is 2. The Balaban J connectivity index is 1.37. The zero-order valence-corrected chi connectivity index (χ0v) is 14.2. The lowest BCUT2D eigenvalue weighted by atomic mass is 9.75. The van der Waals surface area contributed by atoms with Crippen molar-refractivity contribution in [2.75, 3.05) is 25.0 Å². The molecular weight excluding hydrogens is 302 g/mol. The molecule has 2 unspecified atom stereocenters. The molecule has 5 heteroatoms. The molecule has 1 aromatic carbocycles. The summed E-state index contributed by atoms with van der Waals surface area (Å²) in [6.45, 7) is 2.18. The molecule has 1 aliphatic heterocycles. The summed E-state index contributed by atoms with van der Waals surface area (Å²) in [6, 6.07) is 9.04. The Labute approximate surface area is 143 Å². The van der Waals surface area contributed by atoms with E-state index in [9.17, 15) is 9.59 Å². The van der Waals surface area contributed by atoms with Gasteiger partial charge < -0.3 is 15.5 Å². The number of anilines is 1. The van der Waals surface area contributed by atoms with E-state index >= 15 is 0 Å². The first-order valence-electron chi connectivity index (χ1n) is 9.10. The number of hydrogen-bond donors (Lipinski definition) is 2. The first-order chi connectivity index (χ1) is 11.7. The van der Waals surface area contributed by atoms with E-state index in [1.807, 2.05) is 35.2 Å². The van der Waals surface area contributed by atoms with E-state index < -0.39 is 0 Å². The Morgan fingerprint density at radius 1 is 1.04 bits per heavy atom. The maximum atomic E-state index is 12.4. The molecule has 0 bridgehead atoms. The average Bonchev–Trinajstić information content (AvgIpc) is 2.62. The van der Waals surface area contributed by atoms with Gasteiger partial charge in [-0.15, -0.1) is 0 Å². The third kappa shape index (κ3) is 4.49. The SMILES string of the molecule is O=C(NCCC(=O)N1CCC2CCCCC2C1)Nc1ccccc1. The van der Waals surface area contributed by atoms with Gasteiger partial charge in [0.05, 0.1) is 0 Å². The lowest BCUT2D eigenvalue weighted by Crippen LogP contribution is -2.45. The standard InChI is InChI=1S/C19H27N3O2/c23-18(22-13-11-15-6-4-5-7-16(15)14-22)10-12-20-19(24)21-17-8-2-1-3-9-17/h1-3,8-9,15-16H,4-7,10-14H2,(H2,20,21,24). The van der Waals surface area contributed by atoms with Crippen molar-refractivity contribution in [3.63, 3.8) is 0 Å². The smallest absolute Gasteiger partial charge is 0.319 e. The third-order valence-corrected chi connectivity index (χ3v) is 5.30. The van der Waals surface area contributed by atoms with Gasteiger partial charge in [-0.25, -0.2) is 4.79 Å². The Morgan fingerprint density at radius 2 is 1.79 bits per heavy atom. The molecule has 0 aromatic heterocycles. The fraction of sp³-hybridized carbons (Fsp3) is 0.579. The van der Waals surface area contributed by atoms with Crippen LogP contribution in [0.4, 0.5) is 10.5 Å². The molecule has 0 spiro atoms. The summed E-state index contributed by atoms with van der Waals surface area (Å²) in [5, 5.41) is 5.52. The van der Waals surface area contributed by atoms with Crippen LogP contribution in [0.1, 0.15) is 38.5 Å². The molecule has 1 heterocycles. The van der Waals surface area contributed by atoms with Gasteiger partial charge in [-0.1, -0.05) is 37.5 Å². The summed E-state index contributed by atoms with van der Waals surface area (Å²) < 4.78 is 0. The van der Waals surface area contributed by atoms with Crippen LogP contribution < -0.4 is 10.6 Å². The van der Waals surface area contributed by atoms with Crippen LogP contribution >= 0.6 is 0 Å². The van der Waals surface area contributed by atoms with Crippen LogP contribution in [0.5, 0.6) is 0 Å². The van der Waals surface area contributed by atoms with Crippen molar-refractivity contribution in [1.29, 1.82) is 0 Å². The number of likely N-dealkylation sites (tertiary alicyclic amines) is 1. The van der Waals surface area contributed by atoms with Crippen LogP contribution in [-0.2, 0) is 4.79 Å². The number of carbonyl (C=O) groups is 2. The normalized spacial score (nSPS) is 23.2. The predicted molar refractivity (Wildman–Crippen MR) is 94.7 cm³/mol. The lowest BCUT2D eigenvalue weighted by molar-refractivity contribution is -0.134. The number of urea groups is 1. The summed E-state index contributed by atoms with van der Waals surface area (Å²) in [5.41, 5.74) is 0.751. The van der Waals surface area contributed by atoms with Crippen LogP contribution in [0, 0.1) is 11.8 Å². The molecule has 5 nitrogen and oxygen atoms in total. The highest BCUT2D eigenvalue weighted by molar-refractivity contribution is 5.89. The third-order valence-electron chi connectivity index (χ3n) is 5.30. The van der Waals surface area contributed by atoms with Crippen LogP contribution in [0.25, 0.3) is 0 Å². The second-order valence-corrected chi connectivity index (χ2v) is 6.93. The van der Waals surface area contributed by atoms with E-state index in [2.05, 4.69) is 10.6 Å². The van der Waals surface area contributed by atoms with Crippen molar-refractivity contribution < 1.29 is 9.59 Å². The number of rotatable bonds is 4. The molecule has 24 heavy (non-hydrogen) atoms. The molecule has 1 saturated carbocycles. The first kappa shape index (κ1) is 16.8. The fourth-order valence-corrected chi connectivity index (χ4v) is 3.97. The number of nitrogens with one attached hydrogen (secondary N) is 2. The van der Waals surface area contributed by atoms with Gasteiger partial charge in [0.25, 0.3) is 0 Å². The number of para-hydroxylation sites is 1. The van der Waals surface area contributed by atoms with Crippen molar-refractivity contribution in [2.45, 2.75) is 38.5 Å². The lowest BCUT2D eigenvalue weighted by Gasteiger charge is -2.41. The van der Waals surface area contributed by atoms with Crippen LogP contribution in [0.15, 0.2) is 30.3 Å². The molecule has 2 fully saturated rings. The Hall–Kier alpha value is -2.04. The largest absolute Gasteiger partial charge is 0.342 e. The van der Waals surface area contributed by atoms with Crippen molar-refractivity contribution >= 4 is 17.6 Å². The van der Waals surface area contributed by atoms with Crippen molar-refractivity contribution in [2.24, 2.45) is 11.8 Å². The van der Waals surface area contributed by atoms with Crippen LogP contribution in [0.3, 0.4) is 0 Å². The van der Waals surface area contributed by atoms with Gasteiger partial charge in [0.1, 0.15) is 0 Å². The van der Waals surface area contributed by atoms with Crippen molar-refractivity contribution in [3.8, 4) is 0 Å². The number of piperidine rings is 1. The quantitative estimate of drug-likeness (QED) is 0.891. The number of fused-ring (bicyclic) bond motifs is 1. The highest BCUT2D eigenvalue weighted by Crippen LogP contribution is 2.36. The van der Waals surface area contributed by atoms with E-state index in [0.717, 1.165) is 31.1 Å². The van der Waals surface area contributed by atoms with Crippen LogP contribution in [-0.4, -0.2) is 36.5 Å². The first-order valence-corrected chi connectivity index (χ1v) is 9.10. The summed E-state index contributed by atoms with van der Waals surface area (Å²) in [7, 11) is 0. The van der Waals surface area contributed by atoms with Gasteiger partial charge >= 0.3 is 6.03 Å². The Morgan fingerprint density at radius 3 is 2.58 bits per heavy atom. The van der Waals surface area contributed by atoms with Crippen molar-refractivity contribution in [3.05, 3.63) is 30.3 Å². The molecule has 1 saturated heterocycles. The predicted octanol–water partition coefficient (Wildman–Crippen LogP) is 3.24. The van der Waals surface area contributed by atoms with Gasteiger partial charge in [0, 0.05) is 31.7 Å². The second kappa shape index (κ2) is 8.18. The number of nitrogens with zero attached hydrogens (tertiary/aromatic N) is 1. The molecule has 2 aliphatic rings. The van der Waals surface area contributed by atoms with Gasteiger partial charge in [0.2, 0.25) is 5.91 Å². The summed E-state index contributed by atoms with van der Waals surface area (Å²) in [4.78, 5) is 26.2. The minimum absolute atomic E-state index is 0.166. The number of hydrogen-bond acceptors (Lipinski definition) is 2. The maximum absolute atomic E-state index is 12.4. The minimum atomic E-state index is -0.264. The van der Waals surface area contributed by atoms with Gasteiger partial charge in [-0.2, -0.15) is 0 Å². The number of benzene rings is 1. The minimum Gasteiger partial charge on any atom is -0.342 e. The second-order valence-electron chi connectivity index (χ2n) is 6.93. The Kier molecular flexibility index (Phi) is 5.72. The highest BCUT2D eigenvalue weighted by Gasteiger charge is 2.32. The summed E-state index contributed by atoms with van der Waals surface area (Å²) in [5.74, 6) is 1.70. The summed E-state index contributed by atoms with van der Waals surface area (Å²) in [6.07, 6.45) is 6.80. The Bertz CT molecular complexity index is 561. The number of amides is 3. The fourth-order valence-electron chi connectivity index (χ4n) is 3.97. The maximum Gasteiger partial charge on any atom is 0.319 e. The monoisotopic (exact) mass is 329 g/mol. The van der Waals surface area contributed by atoms with Gasteiger partial charge in [-0.3, -0.25) is 4.79 Å². The van der Waals surface area contributed by atoms with Crippen molar-refractivity contribution in [1.82, 2.24) is 10.2 Å². The van der Waals surface area contributed by atoms with Crippen LogP contribution in [0.2, 0.25) is 0 Å². The zero-order valence-electron chi connectivity index (χ0n) is 14.2. The van der Waals surface area contributed by atoms with E-state index in [4.69, 9.17) is 0 Å². The molecule has 2 atom stereocenters. The zero-order chi connectivity index (χ0) is 16.8. The molecule has 3 amide bonds. The molecule has 2 N–H and O–H groups in total. The van der Waals surface area contributed by atoms with Gasteiger partial charge in [0.15, 0.2) is 0 Å². The van der Waals surface area contributed by atoms with E-state index in [1.54, 1.807) is 0 Å². The molecule has 1 aliphatic carbocycles. The van der Waals surface area contributed by atoms with E-state index in [0.29, 0.717) is 18.9 Å². The summed E-state index contributed by atoms with van der Waals surface area (Å²) >= 11 is 0. The molecule has 130 valence electrons. The molecular formula is C19H27N3O2. The van der Waals surface area contributed by atoms with Gasteiger partial charge in [-0.05, 0) is 36.8 Å². The molecule has 0 radical (unpaired) electrons. The molecule has 3 rings (SSSR count). The highest BCUT2D eigenvalue weighted by atomic mass is 16.2. The van der Waals surface area contributed by atoms with E-state index in [-0.39, 0.29) is 11.9 Å². The molecule has 1 aromatic rings. The average molecular weight is 329 g/mol. The van der Waals surface area contributed by atoms with E-state index in [1.165, 1.54) is 25.7 Å². The topological polar surface area (TPSA) is 61.4 Å².